The van der Waals surface area contributed by atoms with Gasteiger partial charge in [-0.25, -0.2) is 4.79 Å². The minimum absolute atomic E-state index is 0. The Bertz CT molecular complexity index is 897. The summed E-state index contributed by atoms with van der Waals surface area (Å²) in [5.74, 6) is 0.0469. The number of hydrogen-bond acceptors (Lipinski definition) is 6. The number of Topliss-reactive ketones (excluding diaryl/α,β-unsaturated/α-hetero) is 1. The summed E-state index contributed by atoms with van der Waals surface area (Å²) in [5.41, 5.74) is 3.14. The molecule has 2 aliphatic rings. The van der Waals surface area contributed by atoms with Gasteiger partial charge in [0.15, 0.2) is 17.3 Å². The molecular formula is C22H29NO6. The van der Waals surface area contributed by atoms with E-state index in [9.17, 15) is 9.59 Å². The van der Waals surface area contributed by atoms with Crippen LogP contribution < -0.4 is 14.8 Å². The lowest BCUT2D eigenvalue weighted by Crippen LogP contribution is -2.38. The number of hydrogen-bond donors (Lipinski definition) is 1. The highest BCUT2D eigenvalue weighted by atomic mass is 16.5. The summed E-state index contributed by atoms with van der Waals surface area (Å²) in [4.78, 5) is 25.9. The molecule has 3 rings (SSSR count). The maximum absolute atomic E-state index is 13.2. The normalized spacial score (nSPS) is 20.3. The second-order valence-electron chi connectivity index (χ2n) is 8.00. The van der Waals surface area contributed by atoms with Crippen LogP contribution in [0.25, 0.3) is 0 Å². The second kappa shape index (κ2) is 8.29. The molecule has 1 heterocycles. The third-order valence-electron chi connectivity index (χ3n) is 5.39. The van der Waals surface area contributed by atoms with Crippen LogP contribution in [-0.2, 0) is 14.3 Å². The summed E-state index contributed by atoms with van der Waals surface area (Å²) in [6.45, 7) is 5.99. The van der Waals surface area contributed by atoms with Gasteiger partial charge in [-0.1, -0.05) is 26.0 Å². The minimum Gasteiger partial charge on any atom is -0.493 e. The number of dihydropyridines is 1. The summed E-state index contributed by atoms with van der Waals surface area (Å²) in [6.07, 6.45) is 1.15. The van der Waals surface area contributed by atoms with Gasteiger partial charge in [0.1, 0.15) is 0 Å². The Hall–Kier alpha value is -2.80. The fourth-order valence-electron chi connectivity index (χ4n) is 4.27. The molecule has 0 spiro atoms. The molecule has 1 unspecified atom stereocenters. The molecule has 7 nitrogen and oxygen atoms in total. The van der Waals surface area contributed by atoms with Gasteiger partial charge in [-0.3, -0.25) is 4.79 Å². The van der Waals surface area contributed by atoms with Gasteiger partial charge in [0.2, 0.25) is 0 Å². The lowest BCUT2D eigenvalue weighted by molar-refractivity contribution is -0.136. The molecule has 0 fully saturated rings. The Morgan fingerprint density at radius 3 is 2.41 bits per heavy atom. The van der Waals surface area contributed by atoms with Crippen molar-refractivity contribution >= 4 is 11.8 Å². The van der Waals surface area contributed by atoms with E-state index >= 15 is 0 Å². The highest BCUT2D eigenvalue weighted by Gasteiger charge is 2.44. The smallest absolute Gasteiger partial charge is 0.336 e. The summed E-state index contributed by atoms with van der Waals surface area (Å²) < 4.78 is 16.1. The Kier molecular flexibility index (Phi) is 6.43. The number of para-hydroxylation sites is 1. The van der Waals surface area contributed by atoms with Crippen molar-refractivity contribution in [3.63, 3.8) is 0 Å². The first kappa shape index (κ1) is 22.5. The average molecular weight is 403 g/mol. The lowest BCUT2D eigenvalue weighted by atomic mass is 9.68. The van der Waals surface area contributed by atoms with Crippen molar-refractivity contribution in [3.8, 4) is 11.5 Å². The van der Waals surface area contributed by atoms with Gasteiger partial charge >= 0.3 is 5.97 Å². The van der Waals surface area contributed by atoms with Crippen LogP contribution in [-0.4, -0.2) is 38.6 Å². The molecule has 1 aromatic rings. The van der Waals surface area contributed by atoms with E-state index in [2.05, 4.69) is 19.2 Å². The van der Waals surface area contributed by atoms with Crippen molar-refractivity contribution in [3.05, 3.63) is 46.3 Å². The minimum atomic E-state index is -0.572. The lowest BCUT2D eigenvalue weighted by Gasteiger charge is -2.39. The van der Waals surface area contributed by atoms with Crippen LogP contribution in [0.3, 0.4) is 0 Å². The zero-order valence-electron chi connectivity index (χ0n) is 17.8. The zero-order chi connectivity index (χ0) is 20.6. The monoisotopic (exact) mass is 403 g/mol. The predicted octanol–water partition coefficient (Wildman–Crippen LogP) is 2.66. The number of ketones is 1. The topological polar surface area (TPSA) is 105 Å². The van der Waals surface area contributed by atoms with E-state index in [1.165, 1.54) is 7.11 Å². The van der Waals surface area contributed by atoms with Crippen molar-refractivity contribution in [2.45, 2.75) is 39.5 Å². The van der Waals surface area contributed by atoms with E-state index < -0.39 is 11.9 Å². The van der Waals surface area contributed by atoms with Crippen molar-refractivity contribution in [1.29, 1.82) is 0 Å². The van der Waals surface area contributed by atoms with E-state index in [-0.39, 0.29) is 16.7 Å². The fourth-order valence-corrected chi connectivity index (χ4v) is 4.27. The molecule has 158 valence electrons. The van der Waals surface area contributed by atoms with Crippen molar-refractivity contribution in [2.75, 3.05) is 21.3 Å². The SMILES string of the molecule is COC(=O)C1=C(C)NC2=C(C(=O)CC(C)(C)C2)C1c1cccc(OC)c1OC.O. The molecule has 3 N–H and O–H groups in total. The first-order valence-corrected chi connectivity index (χ1v) is 9.27. The van der Waals surface area contributed by atoms with Crippen LogP contribution in [0, 0.1) is 5.41 Å². The summed E-state index contributed by atoms with van der Waals surface area (Å²) in [5, 5.41) is 3.30. The molecule has 1 aliphatic carbocycles. The second-order valence-corrected chi connectivity index (χ2v) is 8.00. The third kappa shape index (κ3) is 3.87. The van der Waals surface area contributed by atoms with Gasteiger partial charge in [0.05, 0.1) is 32.8 Å². The Labute approximate surface area is 171 Å². The molecule has 0 radical (unpaired) electrons. The molecule has 1 aliphatic heterocycles. The van der Waals surface area contributed by atoms with E-state index in [0.29, 0.717) is 40.3 Å². The number of ether oxygens (including phenoxy) is 3. The highest BCUT2D eigenvalue weighted by molar-refractivity contribution is 6.04. The van der Waals surface area contributed by atoms with Crippen LogP contribution in [0.2, 0.25) is 0 Å². The Balaban J connectivity index is 0.00000300. The molecule has 7 heteroatoms. The molecule has 1 atom stereocenters. The van der Waals surface area contributed by atoms with Crippen molar-refractivity contribution in [1.82, 2.24) is 5.32 Å². The zero-order valence-corrected chi connectivity index (χ0v) is 17.8. The number of benzene rings is 1. The number of carbonyl (C=O) groups is 2. The molecule has 0 saturated heterocycles. The predicted molar refractivity (Wildman–Crippen MR) is 109 cm³/mol. The van der Waals surface area contributed by atoms with Gasteiger partial charge in [-0.2, -0.15) is 0 Å². The average Bonchev–Trinajstić information content (AvgIpc) is 2.64. The number of esters is 1. The molecule has 1 aromatic carbocycles. The van der Waals surface area contributed by atoms with Gasteiger partial charge in [-0.15, -0.1) is 0 Å². The summed E-state index contributed by atoms with van der Waals surface area (Å²) in [7, 11) is 4.46. The number of rotatable bonds is 4. The number of methoxy groups -OCH3 is 3. The molecule has 0 saturated carbocycles. The van der Waals surface area contributed by atoms with Crippen LogP contribution >= 0.6 is 0 Å². The first-order valence-electron chi connectivity index (χ1n) is 9.27. The number of nitrogens with one attached hydrogen (secondary N) is 1. The van der Waals surface area contributed by atoms with Crippen molar-refractivity contribution in [2.24, 2.45) is 5.41 Å². The fraction of sp³-hybridized carbons (Fsp3) is 0.455. The largest absolute Gasteiger partial charge is 0.493 e. The van der Waals surface area contributed by atoms with E-state index in [4.69, 9.17) is 14.2 Å². The highest BCUT2D eigenvalue weighted by Crippen LogP contribution is 2.49. The van der Waals surface area contributed by atoms with Gasteiger partial charge in [-0.05, 0) is 24.8 Å². The van der Waals surface area contributed by atoms with Crippen LogP contribution in [0.5, 0.6) is 11.5 Å². The third-order valence-corrected chi connectivity index (χ3v) is 5.39. The summed E-state index contributed by atoms with van der Waals surface area (Å²) >= 11 is 0. The van der Waals surface area contributed by atoms with Crippen LogP contribution in [0.15, 0.2) is 40.7 Å². The van der Waals surface area contributed by atoms with Crippen molar-refractivity contribution < 1.29 is 29.3 Å². The van der Waals surface area contributed by atoms with Gasteiger partial charge < -0.3 is 25.0 Å². The van der Waals surface area contributed by atoms with E-state index in [0.717, 1.165) is 12.1 Å². The quantitative estimate of drug-likeness (QED) is 0.775. The van der Waals surface area contributed by atoms with Gasteiger partial charge in [0, 0.05) is 29.0 Å². The molecule has 29 heavy (non-hydrogen) atoms. The number of allylic oxidation sites excluding steroid dienone is 3. The van der Waals surface area contributed by atoms with Crippen LogP contribution in [0.1, 0.15) is 45.1 Å². The maximum atomic E-state index is 13.2. The van der Waals surface area contributed by atoms with Crippen LogP contribution in [0.4, 0.5) is 0 Å². The molecule has 0 aromatic heterocycles. The molecule has 0 amide bonds. The maximum Gasteiger partial charge on any atom is 0.336 e. The standard InChI is InChI=1S/C22H27NO5.H2O/c1-12-17(21(25)28-6)18(13-8-7-9-16(26-4)20(13)27-5)19-14(23-12)10-22(2,3)11-15(19)24;/h7-9,18,23H,10-11H2,1-6H3;1H2. The van der Waals surface area contributed by atoms with E-state index in [1.807, 2.05) is 19.1 Å². The summed E-state index contributed by atoms with van der Waals surface area (Å²) in [6, 6.07) is 5.49. The molecule has 0 bridgehead atoms. The Morgan fingerprint density at radius 2 is 1.83 bits per heavy atom. The molecular weight excluding hydrogens is 374 g/mol. The Morgan fingerprint density at radius 1 is 1.14 bits per heavy atom. The van der Waals surface area contributed by atoms with E-state index in [1.54, 1.807) is 20.3 Å². The van der Waals surface area contributed by atoms with Gasteiger partial charge in [0.25, 0.3) is 0 Å². The number of carbonyl (C=O) groups excluding carboxylic acids is 2. The first-order chi connectivity index (χ1) is 13.2.